The van der Waals surface area contributed by atoms with Crippen molar-refractivity contribution in [2.45, 2.75) is 47.0 Å². The van der Waals surface area contributed by atoms with Gasteiger partial charge in [-0.1, -0.05) is 56.3 Å². The van der Waals surface area contributed by atoms with Crippen LogP contribution in [0.3, 0.4) is 0 Å². The molecule has 0 saturated heterocycles. The number of benzene rings is 2. The fraction of sp³-hybridized carbons (Fsp3) is 0.308. The summed E-state index contributed by atoms with van der Waals surface area (Å²) in [5, 5.41) is 14.1. The van der Waals surface area contributed by atoms with Gasteiger partial charge in [-0.15, -0.1) is 0 Å². The molecule has 0 fully saturated rings. The van der Waals surface area contributed by atoms with E-state index in [1.54, 1.807) is 44.2 Å². The standard InChI is InChI=1S/C26H27N3O5/c1-7-33-24-27-22-18(29(24)25(31)32)13-17(19-14(2)28-34-15(19)3)21(26(4,5)6)20(22)23(30)16-11-9-8-10-12-16/h8-13H,7H2,1-6H3,(H,31,32). The number of ether oxygens (including phenoxy) is 1. The SMILES string of the molecule is CCOc1nc2c(C(=O)c3ccccc3)c(C(C)(C)C)c(-c3c(C)noc3C)cc2n1C(=O)O. The highest BCUT2D eigenvalue weighted by Gasteiger charge is 2.34. The number of imidazole rings is 1. The fourth-order valence-corrected chi connectivity index (χ4v) is 4.40. The molecule has 2 aromatic heterocycles. The van der Waals surface area contributed by atoms with E-state index in [-0.39, 0.29) is 29.4 Å². The van der Waals surface area contributed by atoms with Crippen LogP contribution in [0.2, 0.25) is 0 Å². The van der Waals surface area contributed by atoms with E-state index in [1.807, 2.05) is 33.8 Å². The molecule has 0 spiro atoms. The molecular weight excluding hydrogens is 434 g/mol. The zero-order valence-electron chi connectivity index (χ0n) is 20.1. The van der Waals surface area contributed by atoms with Crippen LogP contribution < -0.4 is 4.74 Å². The molecule has 176 valence electrons. The van der Waals surface area contributed by atoms with Gasteiger partial charge in [-0.2, -0.15) is 9.55 Å². The number of carbonyl (C=O) groups is 2. The average molecular weight is 462 g/mol. The van der Waals surface area contributed by atoms with E-state index in [4.69, 9.17) is 9.26 Å². The molecule has 0 bridgehead atoms. The summed E-state index contributed by atoms with van der Waals surface area (Å²) in [6.07, 6.45) is -1.25. The second-order valence-corrected chi connectivity index (χ2v) is 9.13. The predicted molar refractivity (Wildman–Crippen MR) is 128 cm³/mol. The fourth-order valence-electron chi connectivity index (χ4n) is 4.40. The lowest BCUT2D eigenvalue weighted by atomic mass is 9.76. The van der Waals surface area contributed by atoms with Crippen molar-refractivity contribution >= 4 is 22.9 Å². The van der Waals surface area contributed by atoms with Crippen LogP contribution in [-0.4, -0.2) is 38.3 Å². The number of rotatable bonds is 5. The first-order chi connectivity index (χ1) is 16.1. The second-order valence-electron chi connectivity index (χ2n) is 9.13. The summed E-state index contributed by atoms with van der Waals surface area (Å²) < 4.78 is 12.0. The number of ketones is 1. The molecule has 0 atom stereocenters. The van der Waals surface area contributed by atoms with Crippen LogP contribution in [-0.2, 0) is 5.41 Å². The van der Waals surface area contributed by atoms with E-state index in [0.29, 0.717) is 28.1 Å². The molecule has 1 N–H and O–H groups in total. The van der Waals surface area contributed by atoms with Gasteiger partial charge in [-0.25, -0.2) is 4.79 Å². The van der Waals surface area contributed by atoms with E-state index in [9.17, 15) is 14.7 Å². The topological polar surface area (TPSA) is 107 Å². The summed E-state index contributed by atoms with van der Waals surface area (Å²) in [6, 6.07) is 10.6. The van der Waals surface area contributed by atoms with Gasteiger partial charge in [0.05, 0.1) is 23.4 Å². The maximum absolute atomic E-state index is 14.0. The molecule has 0 aliphatic heterocycles. The number of carbonyl (C=O) groups excluding carboxylic acids is 1. The molecule has 0 saturated carbocycles. The Morgan fingerprint density at radius 1 is 1.15 bits per heavy atom. The number of nitrogens with zero attached hydrogens (tertiary/aromatic N) is 3. The monoisotopic (exact) mass is 461 g/mol. The third kappa shape index (κ3) is 3.75. The Balaban J connectivity index is 2.25. The van der Waals surface area contributed by atoms with Crippen molar-refractivity contribution in [1.29, 1.82) is 0 Å². The zero-order chi connectivity index (χ0) is 24.8. The molecule has 4 aromatic rings. The highest BCUT2D eigenvalue weighted by molar-refractivity contribution is 6.18. The smallest absolute Gasteiger partial charge is 0.420 e. The van der Waals surface area contributed by atoms with Crippen molar-refractivity contribution < 1.29 is 24.0 Å². The number of hydrogen-bond acceptors (Lipinski definition) is 6. The lowest BCUT2D eigenvalue weighted by Gasteiger charge is -2.26. The summed E-state index contributed by atoms with van der Waals surface area (Å²) >= 11 is 0. The molecule has 0 aliphatic carbocycles. The normalized spacial score (nSPS) is 11.7. The van der Waals surface area contributed by atoms with Gasteiger partial charge in [0.1, 0.15) is 11.3 Å². The average Bonchev–Trinajstić information content (AvgIpc) is 3.30. The highest BCUT2D eigenvalue weighted by Crippen LogP contribution is 2.43. The predicted octanol–water partition coefficient (Wildman–Crippen LogP) is 5.76. The van der Waals surface area contributed by atoms with E-state index >= 15 is 0 Å². The first-order valence-electron chi connectivity index (χ1n) is 11.0. The highest BCUT2D eigenvalue weighted by atomic mass is 16.5. The molecule has 0 aliphatic rings. The van der Waals surface area contributed by atoms with E-state index in [1.165, 1.54) is 0 Å². The van der Waals surface area contributed by atoms with Crippen molar-refractivity contribution in [3.05, 3.63) is 64.5 Å². The lowest BCUT2D eigenvalue weighted by molar-refractivity contribution is 0.103. The van der Waals surface area contributed by atoms with Gasteiger partial charge in [0.15, 0.2) is 5.78 Å². The van der Waals surface area contributed by atoms with Crippen LogP contribution in [0.1, 0.15) is 60.6 Å². The van der Waals surface area contributed by atoms with Crippen LogP contribution in [0.15, 0.2) is 40.9 Å². The van der Waals surface area contributed by atoms with Crippen molar-refractivity contribution in [3.63, 3.8) is 0 Å². The number of fused-ring (bicyclic) bond motifs is 1. The Labute approximate surface area is 197 Å². The summed E-state index contributed by atoms with van der Waals surface area (Å²) in [5.74, 6) is 0.328. The first-order valence-corrected chi connectivity index (χ1v) is 11.0. The van der Waals surface area contributed by atoms with Crippen LogP contribution in [0, 0.1) is 13.8 Å². The van der Waals surface area contributed by atoms with Gasteiger partial charge in [0, 0.05) is 11.1 Å². The molecule has 0 amide bonds. The quantitative estimate of drug-likeness (QED) is 0.376. The summed E-state index contributed by atoms with van der Waals surface area (Å²) in [6.45, 7) is 11.6. The largest absolute Gasteiger partial charge is 0.465 e. The first kappa shape index (κ1) is 23.2. The Morgan fingerprint density at radius 2 is 1.82 bits per heavy atom. The zero-order valence-corrected chi connectivity index (χ0v) is 20.1. The van der Waals surface area contributed by atoms with Crippen LogP contribution in [0.25, 0.3) is 22.2 Å². The molecule has 4 rings (SSSR count). The molecule has 34 heavy (non-hydrogen) atoms. The minimum atomic E-state index is -1.25. The number of carboxylic acid groups (broad SMARTS) is 1. The minimum absolute atomic E-state index is 0.0807. The molecule has 0 unspecified atom stereocenters. The maximum atomic E-state index is 14.0. The molecule has 8 heteroatoms. The van der Waals surface area contributed by atoms with Crippen LogP contribution in [0.4, 0.5) is 4.79 Å². The molecular formula is C26H27N3O5. The van der Waals surface area contributed by atoms with Crippen molar-refractivity contribution in [2.24, 2.45) is 0 Å². The Kier molecular flexibility index (Phi) is 5.77. The van der Waals surface area contributed by atoms with Gasteiger partial charge >= 0.3 is 12.1 Å². The summed E-state index contributed by atoms with van der Waals surface area (Å²) in [4.78, 5) is 30.8. The minimum Gasteiger partial charge on any atom is -0.465 e. The van der Waals surface area contributed by atoms with Crippen LogP contribution >= 0.6 is 0 Å². The molecule has 2 aromatic carbocycles. The van der Waals surface area contributed by atoms with Gasteiger partial charge in [-0.05, 0) is 43.4 Å². The summed E-state index contributed by atoms with van der Waals surface area (Å²) in [7, 11) is 0. The van der Waals surface area contributed by atoms with Gasteiger partial charge in [0.2, 0.25) is 0 Å². The molecule has 8 nitrogen and oxygen atoms in total. The second kappa shape index (κ2) is 8.44. The van der Waals surface area contributed by atoms with E-state index in [2.05, 4.69) is 10.1 Å². The van der Waals surface area contributed by atoms with Crippen molar-refractivity contribution in [2.75, 3.05) is 6.61 Å². The summed E-state index contributed by atoms with van der Waals surface area (Å²) in [5.41, 5.74) is 3.65. The van der Waals surface area contributed by atoms with Gasteiger partial charge in [0.25, 0.3) is 0 Å². The third-order valence-electron chi connectivity index (χ3n) is 5.70. The van der Waals surface area contributed by atoms with Crippen LogP contribution in [0.5, 0.6) is 6.01 Å². The Bertz CT molecular complexity index is 1390. The van der Waals surface area contributed by atoms with E-state index in [0.717, 1.165) is 15.7 Å². The third-order valence-corrected chi connectivity index (χ3v) is 5.70. The Morgan fingerprint density at radius 3 is 2.35 bits per heavy atom. The molecule has 2 heterocycles. The Hall–Kier alpha value is -3.94. The van der Waals surface area contributed by atoms with Crippen molar-refractivity contribution in [3.8, 4) is 17.1 Å². The van der Waals surface area contributed by atoms with Crippen molar-refractivity contribution in [1.82, 2.24) is 14.7 Å². The van der Waals surface area contributed by atoms with Gasteiger partial charge in [-0.3, -0.25) is 4.79 Å². The number of aryl methyl sites for hydroxylation is 2. The number of hydrogen-bond donors (Lipinski definition) is 1. The number of aromatic nitrogens is 3. The maximum Gasteiger partial charge on any atom is 0.420 e. The van der Waals surface area contributed by atoms with E-state index < -0.39 is 11.5 Å². The lowest BCUT2D eigenvalue weighted by Crippen LogP contribution is -2.20. The molecule has 0 radical (unpaired) electrons. The van der Waals surface area contributed by atoms with Gasteiger partial charge < -0.3 is 14.4 Å².